The molecule has 0 spiro atoms. The molecule has 3 aromatic carbocycles. The molecule has 0 radical (unpaired) electrons. The summed E-state index contributed by atoms with van der Waals surface area (Å²) < 4.78 is 24.6. The maximum atomic E-state index is 14.1. The molecule has 402 valence electrons. The van der Waals surface area contributed by atoms with E-state index < -0.39 is 35.6 Å². The minimum Gasteiger partial charge on any atom is -0.491 e. The van der Waals surface area contributed by atoms with Crippen LogP contribution >= 0.6 is 0 Å². The summed E-state index contributed by atoms with van der Waals surface area (Å²) in [4.78, 5) is 95.9. The summed E-state index contributed by atoms with van der Waals surface area (Å²) in [6.45, 7) is 2.85. The molecule has 20 heteroatoms. The molecular formula is C57H63N9O11. The number of benzene rings is 3. The van der Waals surface area contributed by atoms with Crippen molar-refractivity contribution in [3.8, 4) is 28.7 Å². The predicted molar refractivity (Wildman–Crippen MR) is 284 cm³/mol. The number of piperidine rings is 1. The number of unbranched alkanes of at least 4 members (excludes halogenated alkanes) is 2. The van der Waals surface area contributed by atoms with Crippen LogP contribution in [0.4, 0.5) is 16.3 Å². The lowest BCUT2D eigenvalue weighted by atomic mass is 9.89. The highest BCUT2D eigenvalue weighted by atomic mass is 16.5. The average Bonchev–Trinajstić information content (AvgIpc) is 3.74. The quantitative estimate of drug-likeness (QED) is 0.0385. The van der Waals surface area contributed by atoms with Crippen LogP contribution in [0.3, 0.4) is 0 Å². The molecule has 3 aliphatic rings. The SMILES string of the molecule is Cn1cc(-c2ccc(N(C(=O)NCc3ccc(OCCOCCCCOCCCCNC(=O)COc4cccc5c4C(=O)N(C4CCC(=O)NC4=O)C5=O)cc3)[C@H]3CC[C@H](Nc4ccc(C#N)cn4)CC3)cc2)ccc1=O. The van der Waals surface area contributed by atoms with E-state index in [1.165, 1.54) is 18.2 Å². The molecule has 20 nitrogen and oxygen atoms in total. The predicted octanol–water partition coefficient (Wildman–Crippen LogP) is 6.03. The Morgan fingerprint density at radius 3 is 2.19 bits per heavy atom. The molecule has 2 aromatic heterocycles. The second-order valence-corrected chi connectivity index (χ2v) is 19.0. The van der Waals surface area contributed by atoms with E-state index in [0.717, 1.165) is 78.0 Å². The lowest BCUT2D eigenvalue weighted by molar-refractivity contribution is -0.136. The van der Waals surface area contributed by atoms with Gasteiger partial charge in [0.05, 0.1) is 23.3 Å². The summed E-state index contributed by atoms with van der Waals surface area (Å²) in [6, 6.07) is 27.8. The van der Waals surface area contributed by atoms with Gasteiger partial charge in [-0.2, -0.15) is 5.26 Å². The van der Waals surface area contributed by atoms with Gasteiger partial charge >= 0.3 is 6.03 Å². The van der Waals surface area contributed by atoms with Crippen molar-refractivity contribution in [1.82, 2.24) is 30.4 Å². The number of ether oxygens (including phenoxy) is 4. The normalized spacial score (nSPS) is 17.0. The van der Waals surface area contributed by atoms with Gasteiger partial charge in [0.25, 0.3) is 17.7 Å². The Labute approximate surface area is 446 Å². The standard InChI is InChI=1S/C57H63N9O11/c1-64-36-41(14-26-52(64)69)40-12-17-43(18-13-40)65(44-19-15-42(16-20-44)62-49-24-11-39(33-58)35-60-49)57(73)61-34-38-9-21-45(22-10-38)76-32-31-75-30-5-4-29-74-28-3-2-27-59-51(68)37-77-48-8-6-7-46-53(48)56(72)66(55(46)71)47-23-25-50(67)63-54(47)70/h6-14,17-18,21-22,24,26,35-36,42,44,47H,2-5,15-16,19-20,23,25,27-32,34,37H2,1H3,(H,59,68)(H,60,62)(H,61,73)(H,63,67,70)/t42-,44-,47?. The molecule has 2 aliphatic heterocycles. The van der Waals surface area contributed by atoms with Crippen LogP contribution in [-0.4, -0.2) is 114 Å². The first-order valence-electron chi connectivity index (χ1n) is 26.0. The molecular weight excluding hydrogens is 987 g/mol. The second kappa shape index (κ2) is 26.9. The molecule has 4 heterocycles. The summed E-state index contributed by atoms with van der Waals surface area (Å²) >= 11 is 0. The van der Waals surface area contributed by atoms with Crippen molar-refractivity contribution in [2.45, 2.75) is 88.9 Å². The van der Waals surface area contributed by atoms with Gasteiger partial charge in [-0.3, -0.25) is 43.9 Å². The lowest BCUT2D eigenvalue weighted by Crippen LogP contribution is -2.54. The molecule has 8 rings (SSSR count). The Morgan fingerprint density at radius 2 is 1.49 bits per heavy atom. The Morgan fingerprint density at radius 1 is 0.766 bits per heavy atom. The Bertz CT molecular complexity index is 2990. The van der Waals surface area contributed by atoms with Gasteiger partial charge in [0, 0.05) is 82.6 Å². The fourth-order valence-electron chi connectivity index (χ4n) is 9.46. The Kier molecular flexibility index (Phi) is 19.1. The van der Waals surface area contributed by atoms with Crippen LogP contribution in [0, 0.1) is 11.3 Å². The zero-order valence-corrected chi connectivity index (χ0v) is 43.0. The molecule has 1 saturated carbocycles. The van der Waals surface area contributed by atoms with Crippen molar-refractivity contribution in [1.29, 1.82) is 5.26 Å². The molecule has 5 aromatic rings. The number of pyridine rings is 2. The summed E-state index contributed by atoms with van der Waals surface area (Å²) in [5.41, 5.74) is 4.01. The minimum absolute atomic E-state index is 0.00993. The third-order valence-corrected chi connectivity index (χ3v) is 13.6. The number of fused-ring (bicyclic) bond motifs is 1. The van der Waals surface area contributed by atoms with E-state index in [2.05, 4.69) is 32.3 Å². The average molecular weight is 1050 g/mol. The van der Waals surface area contributed by atoms with E-state index in [0.29, 0.717) is 63.9 Å². The highest BCUT2D eigenvalue weighted by molar-refractivity contribution is 6.24. The monoisotopic (exact) mass is 1050 g/mol. The minimum atomic E-state index is -1.10. The Hall–Kier alpha value is -8.41. The van der Waals surface area contributed by atoms with Crippen LogP contribution in [0.15, 0.2) is 108 Å². The van der Waals surface area contributed by atoms with Gasteiger partial charge in [-0.05, 0) is 129 Å². The lowest BCUT2D eigenvalue weighted by Gasteiger charge is -2.37. The summed E-state index contributed by atoms with van der Waals surface area (Å²) in [5.74, 6) is -1.44. The second-order valence-electron chi connectivity index (χ2n) is 19.0. The number of nitriles is 1. The number of aryl methyl sites for hydroxylation is 1. The molecule has 1 unspecified atom stereocenters. The van der Waals surface area contributed by atoms with E-state index in [1.807, 2.05) is 59.5 Å². The van der Waals surface area contributed by atoms with Gasteiger partial charge in [0.2, 0.25) is 17.4 Å². The maximum Gasteiger partial charge on any atom is 0.322 e. The van der Waals surface area contributed by atoms with Crippen molar-refractivity contribution < 1.29 is 47.7 Å². The molecule has 2 fully saturated rings. The van der Waals surface area contributed by atoms with Crippen LogP contribution in [0.25, 0.3) is 11.1 Å². The van der Waals surface area contributed by atoms with E-state index >= 15 is 0 Å². The van der Waals surface area contributed by atoms with E-state index in [1.54, 1.807) is 42.2 Å². The van der Waals surface area contributed by atoms with Crippen LogP contribution in [0.5, 0.6) is 11.5 Å². The molecule has 4 N–H and O–H groups in total. The number of hydrogen-bond acceptors (Lipinski definition) is 14. The third-order valence-electron chi connectivity index (χ3n) is 13.6. The molecule has 0 bridgehead atoms. The largest absolute Gasteiger partial charge is 0.491 e. The zero-order chi connectivity index (χ0) is 54.1. The number of nitrogens with zero attached hydrogens (tertiary/aromatic N) is 5. The van der Waals surface area contributed by atoms with Gasteiger partial charge < -0.3 is 39.5 Å². The molecule has 1 aliphatic carbocycles. The fourth-order valence-corrected chi connectivity index (χ4v) is 9.46. The van der Waals surface area contributed by atoms with Crippen molar-refractivity contribution in [3.05, 3.63) is 136 Å². The number of hydrogen-bond donors (Lipinski definition) is 4. The van der Waals surface area contributed by atoms with E-state index in [-0.39, 0.29) is 60.0 Å². The molecule has 1 saturated heterocycles. The first kappa shape index (κ1) is 54.8. The first-order valence-corrected chi connectivity index (χ1v) is 26.0. The van der Waals surface area contributed by atoms with Gasteiger partial charge in [-0.15, -0.1) is 0 Å². The number of rotatable bonds is 25. The Balaban J connectivity index is 0.677. The maximum absolute atomic E-state index is 14.1. The highest BCUT2D eigenvalue weighted by Gasteiger charge is 2.46. The smallest absolute Gasteiger partial charge is 0.322 e. The van der Waals surface area contributed by atoms with Crippen molar-refractivity contribution in [2.75, 3.05) is 56.4 Å². The van der Waals surface area contributed by atoms with Crippen LogP contribution in [0.2, 0.25) is 0 Å². The number of carbonyl (C=O) groups is 6. The summed E-state index contributed by atoms with van der Waals surface area (Å²) in [6.07, 6.45) is 9.70. The van der Waals surface area contributed by atoms with Crippen LogP contribution in [-0.2, 0) is 37.4 Å². The van der Waals surface area contributed by atoms with Crippen molar-refractivity contribution in [3.63, 3.8) is 0 Å². The van der Waals surface area contributed by atoms with Crippen LogP contribution in [0.1, 0.15) is 96.1 Å². The summed E-state index contributed by atoms with van der Waals surface area (Å²) in [7, 11) is 1.72. The molecule has 1 atom stereocenters. The van der Waals surface area contributed by atoms with Gasteiger partial charge in [-0.25, -0.2) is 9.78 Å². The zero-order valence-electron chi connectivity index (χ0n) is 43.0. The topological polar surface area (TPSA) is 253 Å². The van der Waals surface area contributed by atoms with E-state index in [4.69, 9.17) is 24.2 Å². The number of nitrogens with one attached hydrogen (secondary N) is 4. The summed E-state index contributed by atoms with van der Waals surface area (Å²) in [5, 5.41) is 20.7. The number of imide groups is 2. The van der Waals surface area contributed by atoms with Crippen LogP contribution < -0.4 is 41.2 Å². The van der Waals surface area contributed by atoms with E-state index in [9.17, 15) is 33.6 Å². The molecule has 77 heavy (non-hydrogen) atoms. The number of urea groups is 1. The number of aromatic nitrogens is 2. The van der Waals surface area contributed by atoms with Crippen molar-refractivity contribution >= 4 is 47.1 Å². The van der Waals surface area contributed by atoms with Gasteiger partial charge in [0.15, 0.2) is 6.61 Å². The third kappa shape index (κ3) is 14.7. The number of amides is 7. The highest BCUT2D eigenvalue weighted by Crippen LogP contribution is 2.34. The van der Waals surface area contributed by atoms with Gasteiger partial charge in [0.1, 0.15) is 36.0 Å². The fraction of sp³-hybridized carbons (Fsp3) is 0.386. The molecule has 7 amide bonds. The van der Waals surface area contributed by atoms with Gasteiger partial charge in [-0.1, -0.05) is 30.3 Å². The van der Waals surface area contributed by atoms with Crippen molar-refractivity contribution in [2.24, 2.45) is 7.05 Å². The first-order chi connectivity index (χ1) is 37.4. The number of anilines is 2. The number of carbonyl (C=O) groups excluding carboxylic acids is 6.